The lowest BCUT2D eigenvalue weighted by molar-refractivity contribution is 0.165. The summed E-state index contributed by atoms with van der Waals surface area (Å²) in [4.78, 5) is 11.2. The maximum Gasteiger partial charge on any atom is 0.0728 e. The summed E-state index contributed by atoms with van der Waals surface area (Å²) >= 11 is 0. The summed E-state index contributed by atoms with van der Waals surface area (Å²) in [7, 11) is 0. The van der Waals surface area contributed by atoms with Crippen LogP contribution in [0.1, 0.15) is 149 Å². The van der Waals surface area contributed by atoms with Gasteiger partial charge in [-0.1, -0.05) is 82.0 Å². The third-order valence-corrected chi connectivity index (χ3v) is 17.2. The van der Waals surface area contributed by atoms with E-state index in [4.69, 9.17) is 9.97 Å². The van der Waals surface area contributed by atoms with E-state index in [2.05, 4.69) is 85.2 Å². The maximum atomic E-state index is 5.64. The Bertz CT molecular complexity index is 2790. The van der Waals surface area contributed by atoms with Crippen molar-refractivity contribution in [2.45, 2.75) is 132 Å². The van der Waals surface area contributed by atoms with E-state index >= 15 is 0 Å². The topological polar surface area (TPSA) is 30.2 Å². The van der Waals surface area contributed by atoms with Crippen LogP contribution in [0.25, 0.3) is 60.3 Å². The molecule has 4 fully saturated rings. The maximum absolute atomic E-state index is 5.64. The van der Waals surface area contributed by atoms with Crippen molar-refractivity contribution in [1.29, 1.82) is 0 Å². The van der Waals surface area contributed by atoms with Gasteiger partial charge in [-0.3, -0.25) is 9.97 Å². The van der Waals surface area contributed by atoms with E-state index in [1.807, 2.05) is 0 Å². The molecule has 0 aliphatic heterocycles. The number of aromatic nitrogens is 3. The Labute approximate surface area is 317 Å². The van der Waals surface area contributed by atoms with Gasteiger partial charge >= 0.3 is 0 Å². The normalized spacial score (nSPS) is 27.6. The van der Waals surface area contributed by atoms with Crippen molar-refractivity contribution in [2.24, 2.45) is 11.8 Å². The van der Waals surface area contributed by atoms with Gasteiger partial charge in [-0.05, 0) is 144 Å². The first-order chi connectivity index (χ1) is 26.4. The van der Waals surface area contributed by atoms with Gasteiger partial charge in [0.15, 0.2) is 0 Å². The molecule has 0 radical (unpaired) electrons. The van der Waals surface area contributed by atoms with E-state index < -0.39 is 0 Å². The van der Waals surface area contributed by atoms with E-state index in [1.165, 1.54) is 173 Å². The van der Waals surface area contributed by atoms with Crippen LogP contribution in [0.5, 0.6) is 0 Å². The monoisotopic (exact) mass is 703 g/mol. The SMILES string of the molecule is CC1(C)c2ccccc2-c2c(-c3cc4c5c6c(ncc5n5c7cnc8c(c7c(c3)c45)C3(CCCC3)CC83CCCC3)C3CC4CC(C3)CC6C4)cccc21. The molecule has 268 valence electrons. The lowest BCUT2D eigenvalue weighted by Gasteiger charge is -2.38. The molecule has 2 spiro atoms. The molecule has 3 heteroatoms. The molecule has 3 aromatic carbocycles. The van der Waals surface area contributed by atoms with Crippen molar-refractivity contribution < 1.29 is 0 Å². The van der Waals surface area contributed by atoms with Gasteiger partial charge in [-0.25, -0.2) is 0 Å². The largest absolute Gasteiger partial charge is 0.305 e. The molecule has 15 rings (SSSR count). The summed E-state index contributed by atoms with van der Waals surface area (Å²) < 4.78 is 2.67. The first-order valence-electron chi connectivity index (χ1n) is 21.7. The summed E-state index contributed by atoms with van der Waals surface area (Å²) in [6.45, 7) is 4.85. The van der Waals surface area contributed by atoms with E-state index in [1.54, 1.807) is 11.1 Å². The van der Waals surface area contributed by atoms with Crippen molar-refractivity contribution in [1.82, 2.24) is 14.4 Å². The number of fused-ring (bicyclic) bond motifs is 13. The van der Waals surface area contributed by atoms with Crippen molar-refractivity contribution in [3.8, 4) is 22.3 Å². The summed E-state index contributed by atoms with van der Waals surface area (Å²) in [5.41, 5.74) is 19.4. The predicted molar refractivity (Wildman–Crippen MR) is 220 cm³/mol. The number of rotatable bonds is 1. The molecule has 4 heterocycles. The van der Waals surface area contributed by atoms with E-state index in [-0.39, 0.29) is 16.2 Å². The summed E-state index contributed by atoms with van der Waals surface area (Å²) in [6.07, 6.45) is 23.6. The number of hydrogen-bond donors (Lipinski definition) is 0. The Morgan fingerprint density at radius 2 is 1.30 bits per heavy atom. The van der Waals surface area contributed by atoms with Gasteiger partial charge in [-0.15, -0.1) is 0 Å². The zero-order valence-electron chi connectivity index (χ0n) is 31.9. The summed E-state index contributed by atoms with van der Waals surface area (Å²) in [5, 5.41) is 6.01. The van der Waals surface area contributed by atoms with Gasteiger partial charge < -0.3 is 4.40 Å². The highest BCUT2D eigenvalue weighted by Gasteiger charge is 2.56. The number of benzene rings is 3. The zero-order valence-corrected chi connectivity index (χ0v) is 31.9. The molecule has 4 bridgehead atoms. The van der Waals surface area contributed by atoms with E-state index in [9.17, 15) is 0 Å². The van der Waals surface area contributed by atoms with Crippen LogP contribution in [-0.2, 0) is 16.2 Å². The molecule has 8 aliphatic rings. The second-order valence-corrected chi connectivity index (χ2v) is 20.2. The third kappa shape index (κ3) is 3.42. The van der Waals surface area contributed by atoms with Gasteiger partial charge in [0.2, 0.25) is 0 Å². The van der Waals surface area contributed by atoms with Crippen LogP contribution in [0.3, 0.4) is 0 Å². The Kier molecular flexibility index (Phi) is 5.43. The lowest BCUT2D eigenvalue weighted by Crippen LogP contribution is -2.25. The minimum atomic E-state index is -0.0241. The van der Waals surface area contributed by atoms with Gasteiger partial charge in [0.1, 0.15) is 0 Å². The molecule has 54 heavy (non-hydrogen) atoms. The lowest BCUT2D eigenvalue weighted by atomic mass is 9.67. The fraction of sp³-hybridized carbons (Fsp3) is 0.451. The molecule has 8 aliphatic carbocycles. The molecular formula is C51H49N3. The van der Waals surface area contributed by atoms with Crippen LogP contribution in [0.2, 0.25) is 0 Å². The van der Waals surface area contributed by atoms with Crippen molar-refractivity contribution in [3.63, 3.8) is 0 Å². The Hall–Kier alpha value is -4.24. The fourth-order valence-electron chi connectivity index (χ4n) is 15.4. The smallest absolute Gasteiger partial charge is 0.0728 e. The van der Waals surface area contributed by atoms with E-state index in [0.717, 1.165) is 11.8 Å². The first kappa shape index (κ1) is 30.0. The second kappa shape index (κ2) is 9.76. The Morgan fingerprint density at radius 3 is 2.09 bits per heavy atom. The minimum absolute atomic E-state index is 0.0241. The molecule has 4 saturated carbocycles. The zero-order chi connectivity index (χ0) is 35.3. The average molecular weight is 704 g/mol. The highest BCUT2D eigenvalue weighted by atomic mass is 15.0. The molecule has 0 saturated heterocycles. The standard InChI is InChI=1S/C51H49N3/c1-49(2)37-12-4-3-10-34(37)42-33(11-9-13-38(42)49)30-23-35-43-39(25-52-46-32-21-28-18-29(22-32)20-31(19-28)41(43)46)54-40-26-53-48-45(44(40)36(24-30)47(35)54)50(14-5-6-15-50)27-51(48)16-7-8-17-51/h3-4,9-13,23-26,28-29,31-32H,5-8,14-22,27H2,1-2H3. The second-order valence-electron chi connectivity index (χ2n) is 20.2. The molecule has 4 aromatic heterocycles. The van der Waals surface area contributed by atoms with Crippen LogP contribution in [-0.4, -0.2) is 14.4 Å². The van der Waals surface area contributed by atoms with Crippen molar-refractivity contribution in [2.75, 3.05) is 0 Å². The quantitative estimate of drug-likeness (QED) is 0.170. The van der Waals surface area contributed by atoms with Gasteiger partial charge in [0.25, 0.3) is 0 Å². The van der Waals surface area contributed by atoms with Crippen LogP contribution in [0.4, 0.5) is 0 Å². The van der Waals surface area contributed by atoms with Gasteiger partial charge in [0, 0.05) is 44.0 Å². The number of nitrogens with zero attached hydrogens (tertiary/aromatic N) is 3. The van der Waals surface area contributed by atoms with Crippen LogP contribution >= 0.6 is 0 Å². The fourth-order valence-corrected chi connectivity index (χ4v) is 15.4. The number of pyridine rings is 2. The third-order valence-electron chi connectivity index (χ3n) is 17.2. The summed E-state index contributed by atoms with van der Waals surface area (Å²) in [5.74, 6) is 3.01. The highest BCUT2D eigenvalue weighted by molar-refractivity contribution is 6.26. The molecule has 2 atom stereocenters. The molecule has 0 N–H and O–H groups in total. The van der Waals surface area contributed by atoms with Crippen LogP contribution in [0, 0.1) is 11.8 Å². The van der Waals surface area contributed by atoms with E-state index in [0.29, 0.717) is 11.8 Å². The van der Waals surface area contributed by atoms with Crippen molar-refractivity contribution >= 4 is 38.1 Å². The summed E-state index contributed by atoms with van der Waals surface area (Å²) in [6, 6.07) is 21.7. The van der Waals surface area contributed by atoms with Gasteiger partial charge in [-0.2, -0.15) is 0 Å². The van der Waals surface area contributed by atoms with Gasteiger partial charge in [0.05, 0.1) is 34.6 Å². The van der Waals surface area contributed by atoms with Crippen LogP contribution in [0.15, 0.2) is 67.0 Å². The predicted octanol–water partition coefficient (Wildman–Crippen LogP) is 13.0. The highest BCUT2D eigenvalue weighted by Crippen LogP contribution is 2.65. The van der Waals surface area contributed by atoms with Crippen molar-refractivity contribution in [3.05, 3.63) is 101 Å². The minimum Gasteiger partial charge on any atom is -0.305 e. The molecular weight excluding hydrogens is 655 g/mol. The Balaban J connectivity index is 1.15. The molecule has 3 nitrogen and oxygen atoms in total. The van der Waals surface area contributed by atoms with Crippen LogP contribution < -0.4 is 0 Å². The molecule has 0 amide bonds. The number of hydrogen-bond acceptors (Lipinski definition) is 2. The first-order valence-corrected chi connectivity index (χ1v) is 21.7. The molecule has 2 unspecified atom stereocenters. The molecule has 7 aromatic rings. The Morgan fingerprint density at radius 1 is 0.648 bits per heavy atom. The average Bonchev–Trinajstić information content (AvgIpc) is 4.03.